The average Bonchev–Trinajstić information content (AvgIpc) is 3.05. The lowest BCUT2D eigenvalue weighted by Gasteiger charge is -2.27. The summed E-state index contributed by atoms with van der Waals surface area (Å²) in [6.07, 6.45) is 9.51. The Labute approximate surface area is 122 Å². The van der Waals surface area contributed by atoms with Crippen molar-refractivity contribution in [1.29, 1.82) is 0 Å². The molecule has 1 N–H and O–H groups in total. The predicted molar refractivity (Wildman–Crippen MR) is 81.0 cm³/mol. The maximum absolute atomic E-state index is 4.78. The van der Waals surface area contributed by atoms with Crippen LogP contribution in [0.2, 0.25) is 0 Å². The number of pyridine rings is 1. The van der Waals surface area contributed by atoms with Crippen molar-refractivity contribution in [2.24, 2.45) is 0 Å². The highest BCUT2D eigenvalue weighted by molar-refractivity contribution is 5.90. The molecule has 0 amide bonds. The lowest BCUT2D eigenvalue weighted by Crippen LogP contribution is -2.31. The molecule has 21 heavy (non-hydrogen) atoms. The highest BCUT2D eigenvalue weighted by Gasteiger charge is 2.42. The van der Waals surface area contributed by atoms with Crippen LogP contribution in [0.4, 0.5) is 5.82 Å². The normalized spacial score (nSPS) is 16.1. The van der Waals surface area contributed by atoms with Crippen molar-refractivity contribution in [1.82, 2.24) is 25.1 Å². The van der Waals surface area contributed by atoms with E-state index in [9.17, 15) is 0 Å². The number of fused-ring (bicyclic) bond motifs is 1. The van der Waals surface area contributed by atoms with Crippen molar-refractivity contribution in [3.05, 3.63) is 30.9 Å². The molecular formula is C15H16N6. The Morgan fingerprint density at radius 2 is 2.10 bits per heavy atom. The quantitative estimate of drug-likeness (QED) is 0.797. The Balaban J connectivity index is 1.94. The number of aromatic amines is 1. The van der Waals surface area contributed by atoms with Gasteiger partial charge in [-0.25, -0.2) is 9.97 Å². The molecule has 0 atom stereocenters. The van der Waals surface area contributed by atoms with Gasteiger partial charge in [0.25, 0.3) is 0 Å². The highest BCUT2D eigenvalue weighted by atomic mass is 15.3. The lowest BCUT2D eigenvalue weighted by atomic mass is 10.2. The molecule has 3 heterocycles. The monoisotopic (exact) mass is 280 g/mol. The molecule has 106 valence electrons. The topological polar surface area (TPSA) is 70.6 Å². The summed E-state index contributed by atoms with van der Waals surface area (Å²) in [7, 11) is 2.11. The second kappa shape index (κ2) is 4.25. The van der Waals surface area contributed by atoms with Crippen LogP contribution in [0.3, 0.4) is 0 Å². The van der Waals surface area contributed by atoms with E-state index in [1.165, 1.54) is 12.8 Å². The Morgan fingerprint density at radius 1 is 1.24 bits per heavy atom. The molecule has 1 aliphatic carbocycles. The predicted octanol–water partition coefficient (Wildman–Crippen LogP) is 2.40. The minimum absolute atomic E-state index is 0.207. The van der Waals surface area contributed by atoms with Crippen LogP contribution in [-0.4, -0.2) is 37.7 Å². The van der Waals surface area contributed by atoms with Gasteiger partial charge in [0, 0.05) is 30.4 Å². The fraction of sp³-hybridized carbons (Fsp3) is 0.333. The van der Waals surface area contributed by atoms with E-state index < -0.39 is 0 Å². The molecule has 3 aromatic rings. The van der Waals surface area contributed by atoms with Gasteiger partial charge >= 0.3 is 0 Å². The summed E-state index contributed by atoms with van der Waals surface area (Å²) in [6.45, 7) is 2.26. The molecule has 6 heteroatoms. The minimum Gasteiger partial charge on any atom is -0.354 e. The van der Waals surface area contributed by atoms with E-state index in [1.807, 2.05) is 6.07 Å². The first kappa shape index (κ1) is 12.3. The minimum atomic E-state index is 0.207. The SMILES string of the molecule is CN(c1nc(-c2cn[nH]c2)nc2cnccc12)C1(C)CC1. The van der Waals surface area contributed by atoms with E-state index in [0.29, 0.717) is 5.82 Å². The first-order chi connectivity index (χ1) is 10.2. The maximum atomic E-state index is 4.78. The Bertz CT molecular complexity index is 791. The van der Waals surface area contributed by atoms with Gasteiger partial charge in [0.15, 0.2) is 5.82 Å². The molecule has 1 aliphatic rings. The van der Waals surface area contributed by atoms with Gasteiger partial charge in [0.2, 0.25) is 0 Å². The molecule has 4 rings (SSSR count). The molecule has 0 aromatic carbocycles. The summed E-state index contributed by atoms with van der Waals surface area (Å²) in [5, 5.41) is 7.82. The van der Waals surface area contributed by atoms with Crippen LogP contribution >= 0.6 is 0 Å². The molecule has 3 aromatic heterocycles. The molecule has 6 nitrogen and oxygen atoms in total. The van der Waals surface area contributed by atoms with Crippen LogP contribution < -0.4 is 4.90 Å². The zero-order valence-electron chi connectivity index (χ0n) is 12.0. The largest absolute Gasteiger partial charge is 0.354 e. The Hall–Kier alpha value is -2.50. The number of hydrogen-bond donors (Lipinski definition) is 1. The molecule has 0 radical (unpaired) electrons. The molecule has 1 saturated carbocycles. The van der Waals surface area contributed by atoms with Gasteiger partial charge in [-0.15, -0.1) is 0 Å². The van der Waals surface area contributed by atoms with Crippen molar-refractivity contribution in [3.63, 3.8) is 0 Å². The number of H-pyrrole nitrogens is 1. The smallest absolute Gasteiger partial charge is 0.165 e. The lowest BCUT2D eigenvalue weighted by molar-refractivity contribution is 0.685. The molecular weight excluding hydrogens is 264 g/mol. The number of rotatable bonds is 3. The summed E-state index contributed by atoms with van der Waals surface area (Å²) >= 11 is 0. The van der Waals surface area contributed by atoms with Gasteiger partial charge in [-0.2, -0.15) is 5.10 Å². The van der Waals surface area contributed by atoms with E-state index in [1.54, 1.807) is 24.8 Å². The second-order valence-corrected chi connectivity index (χ2v) is 5.81. The molecule has 0 aliphatic heterocycles. The first-order valence-electron chi connectivity index (χ1n) is 7.02. The summed E-state index contributed by atoms with van der Waals surface area (Å²) in [5.41, 5.74) is 1.95. The standard InChI is InChI=1S/C15H16N6/c1-15(4-5-15)21(2)14-11-3-6-16-9-12(11)19-13(20-14)10-7-17-18-8-10/h3,6-9H,4-5H2,1-2H3,(H,17,18). The van der Waals surface area contributed by atoms with Gasteiger partial charge in [-0.3, -0.25) is 10.1 Å². The molecule has 0 saturated heterocycles. The van der Waals surface area contributed by atoms with E-state index in [-0.39, 0.29) is 5.54 Å². The third kappa shape index (κ3) is 1.94. The van der Waals surface area contributed by atoms with E-state index >= 15 is 0 Å². The second-order valence-electron chi connectivity index (χ2n) is 5.81. The van der Waals surface area contributed by atoms with Gasteiger partial charge in [-0.05, 0) is 25.8 Å². The van der Waals surface area contributed by atoms with Crippen molar-refractivity contribution in [2.45, 2.75) is 25.3 Å². The molecule has 0 unspecified atom stereocenters. The van der Waals surface area contributed by atoms with E-state index in [4.69, 9.17) is 4.98 Å². The van der Waals surface area contributed by atoms with Crippen LogP contribution in [0, 0.1) is 0 Å². The van der Waals surface area contributed by atoms with Crippen LogP contribution in [0.25, 0.3) is 22.3 Å². The number of aromatic nitrogens is 5. The van der Waals surface area contributed by atoms with Crippen molar-refractivity contribution < 1.29 is 0 Å². The zero-order valence-corrected chi connectivity index (χ0v) is 12.0. The van der Waals surface area contributed by atoms with Crippen LogP contribution in [0.15, 0.2) is 30.9 Å². The average molecular weight is 280 g/mol. The summed E-state index contributed by atoms with van der Waals surface area (Å²) in [5.74, 6) is 1.63. The molecule has 1 fully saturated rings. The number of hydrogen-bond acceptors (Lipinski definition) is 5. The van der Waals surface area contributed by atoms with Gasteiger partial charge in [-0.1, -0.05) is 0 Å². The van der Waals surface area contributed by atoms with Crippen LogP contribution in [0.5, 0.6) is 0 Å². The van der Waals surface area contributed by atoms with Crippen LogP contribution in [0.1, 0.15) is 19.8 Å². The Morgan fingerprint density at radius 3 is 2.81 bits per heavy atom. The van der Waals surface area contributed by atoms with Gasteiger partial charge < -0.3 is 4.90 Å². The van der Waals surface area contributed by atoms with Crippen LogP contribution in [-0.2, 0) is 0 Å². The van der Waals surface area contributed by atoms with Crippen molar-refractivity contribution in [2.75, 3.05) is 11.9 Å². The Kier molecular flexibility index (Phi) is 2.48. The molecule has 0 spiro atoms. The highest BCUT2D eigenvalue weighted by Crippen LogP contribution is 2.43. The molecule has 0 bridgehead atoms. The van der Waals surface area contributed by atoms with Crippen molar-refractivity contribution in [3.8, 4) is 11.4 Å². The summed E-state index contributed by atoms with van der Waals surface area (Å²) in [4.78, 5) is 15.8. The van der Waals surface area contributed by atoms with Gasteiger partial charge in [0.05, 0.1) is 23.5 Å². The van der Waals surface area contributed by atoms with Gasteiger partial charge in [0.1, 0.15) is 5.82 Å². The van der Waals surface area contributed by atoms with Crippen molar-refractivity contribution >= 4 is 16.7 Å². The number of anilines is 1. The fourth-order valence-corrected chi connectivity index (χ4v) is 2.49. The maximum Gasteiger partial charge on any atom is 0.165 e. The van der Waals surface area contributed by atoms with E-state index in [2.05, 4.69) is 39.0 Å². The third-order valence-corrected chi connectivity index (χ3v) is 4.34. The number of nitrogens with one attached hydrogen (secondary N) is 1. The fourth-order valence-electron chi connectivity index (χ4n) is 2.49. The zero-order chi connectivity index (χ0) is 14.4. The summed E-state index contributed by atoms with van der Waals surface area (Å²) in [6, 6.07) is 1.98. The van der Waals surface area contributed by atoms with E-state index in [0.717, 1.165) is 22.3 Å². The first-order valence-corrected chi connectivity index (χ1v) is 7.02. The number of nitrogens with zero attached hydrogens (tertiary/aromatic N) is 5. The third-order valence-electron chi connectivity index (χ3n) is 4.34. The summed E-state index contributed by atoms with van der Waals surface area (Å²) < 4.78 is 0.